The molecule has 3 rings (SSSR count). The number of para-hydroxylation sites is 1. The summed E-state index contributed by atoms with van der Waals surface area (Å²) in [5.74, 6) is 0.984. The van der Waals surface area contributed by atoms with Crippen molar-refractivity contribution >= 4 is 0 Å². The molecule has 0 radical (unpaired) electrons. The standard InChI is InChI=1S/C16H21N3O/c1-11-12(10-18-19(11)4)9-17-15-13-7-5-6-8-14(13)20-16(15,2)3/h5-8,10,15,17H,9H2,1-4H3. The number of hydrogen-bond donors (Lipinski definition) is 1. The number of nitrogens with zero attached hydrogens (tertiary/aromatic N) is 2. The number of nitrogens with one attached hydrogen (secondary N) is 1. The highest BCUT2D eigenvalue weighted by atomic mass is 16.5. The van der Waals surface area contributed by atoms with Gasteiger partial charge in [0.25, 0.3) is 0 Å². The fourth-order valence-corrected chi connectivity index (χ4v) is 2.81. The van der Waals surface area contributed by atoms with Crippen LogP contribution in [0.3, 0.4) is 0 Å². The fourth-order valence-electron chi connectivity index (χ4n) is 2.81. The first-order valence-electron chi connectivity index (χ1n) is 6.98. The quantitative estimate of drug-likeness (QED) is 0.933. The van der Waals surface area contributed by atoms with Crippen LogP contribution in [0.1, 0.15) is 36.7 Å². The number of fused-ring (bicyclic) bond motifs is 1. The summed E-state index contributed by atoms with van der Waals surface area (Å²) in [5.41, 5.74) is 3.43. The summed E-state index contributed by atoms with van der Waals surface area (Å²) >= 11 is 0. The van der Waals surface area contributed by atoms with Gasteiger partial charge in [0.05, 0.1) is 12.2 Å². The zero-order chi connectivity index (χ0) is 14.3. The van der Waals surface area contributed by atoms with Gasteiger partial charge in [0.15, 0.2) is 0 Å². The third-order valence-electron chi connectivity index (χ3n) is 4.13. The lowest BCUT2D eigenvalue weighted by molar-refractivity contribution is 0.0958. The number of benzene rings is 1. The molecule has 1 aliphatic rings. The Morgan fingerprint density at radius 3 is 2.80 bits per heavy atom. The minimum absolute atomic E-state index is 0.193. The number of ether oxygens (including phenoxy) is 1. The van der Waals surface area contributed by atoms with Gasteiger partial charge < -0.3 is 10.1 Å². The minimum Gasteiger partial charge on any atom is -0.486 e. The Kier molecular flexibility index (Phi) is 3.05. The third-order valence-corrected chi connectivity index (χ3v) is 4.13. The molecule has 4 nitrogen and oxygen atoms in total. The van der Waals surface area contributed by atoms with Crippen molar-refractivity contribution in [1.82, 2.24) is 15.1 Å². The van der Waals surface area contributed by atoms with Gasteiger partial charge >= 0.3 is 0 Å². The van der Waals surface area contributed by atoms with E-state index in [4.69, 9.17) is 4.74 Å². The first-order valence-corrected chi connectivity index (χ1v) is 6.98. The number of rotatable bonds is 3. The summed E-state index contributed by atoms with van der Waals surface area (Å²) in [5, 5.41) is 7.91. The van der Waals surface area contributed by atoms with Crippen LogP contribution in [-0.4, -0.2) is 15.4 Å². The second-order valence-electron chi connectivity index (χ2n) is 5.94. The topological polar surface area (TPSA) is 39.1 Å². The molecule has 0 spiro atoms. The highest BCUT2D eigenvalue weighted by molar-refractivity contribution is 5.42. The highest BCUT2D eigenvalue weighted by Gasteiger charge is 2.40. The van der Waals surface area contributed by atoms with Crippen LogP contribution in [0.5, 0.6) is 5.75 Å². The van der Waals surface area contributed by atoms with E-state index in [0.717, 1.165) is 12.3 Å². The molecule has 0 bridgehead atoms. The van der Waals surface area contributed by atoms with Gasteiger partial charge in [-0.25, -0.2) is 0 Å². The number of hydrogen-bond acceptors (Lipinski definition) is 3. The predicted molar refractivity (Wildman–Crippen MR) is 78.7 cm³/mol. The van der Waals surface area contributed by atoms with Crippen LogP contribution in [0, 0.1) is 6.92 Å². The van der Waals surface area contributed by atoms with E-state index in [1.807, 2.05) is 30.1 Å². The summed E-state index contributed by atoms with van der Waals surface area (Å²) in [4.78, 5) is 0. The van der Waals surface area contributed by atoms with E-state index in [9.17, 15) is 0 Å². The van der Waals surface area contributed by atoms with E-state index < -0.39 is 0 Å². The van der Waals surface area contributed by atoms with Gasteiger partial charge in [-0.1, -0.05) is 18.2 Å². The summed E-state index contributed by atoms with van der Waals surface area (Å²) in [6.07, 6.45) is 1.93. The van der Waals surface area contributed by atoms with Gasteiger partial charge in [0, 0.05) is 30.4 Å². The smallest absolute Gasteiger partial charge is 0.125 e. The summed E-state index contributed by atoms with van der Waals surface area (Å²) in [7, 11) is 1.97. The van der Waals surface area contributed by atoms with E-state index in [1.165, 1.54) is 16.8 Å². The van der Waals surface area contributed by atoms with Crippen molar-refractivity contribution in [2.24, 2.45) is 7.05 Å². The van der Waals surface area contributed by atoms with Crippen molar-refractivity contribution in [3.8, 4) is 5.75 Å². The van der Waals surface area contributed by atoms with Crippen molar-refractivity contribution in [3.05, 3.63) is 47.3 Å². The number of aromatic nitrogens is 2. The van der Waals surface area contributed by atoms with Gasteiger partial charge in [0.1, 0.15) is 11.4 Å². The van der Waals surface area contributed by atoms with Crippen LogP contribution in [0.4, 0.5) is 0 Å². The van der Waals surface area contributed by atoms with Crippen molar-refractivity contribution in [1.29, 1.82) is 0 Å². The Balaban J connectivity index is 1.81. The molecule has 106 valence electrons. The van der Waals surface area contributed by atoms with Gasteiger partial charge in [-0.3, -0.25) is 4.68 Å². The first kappa shape index (κ1) is 13.2. The fraction of sp³-hybridized carbons (Fsp3) is 0.438. The second-order valence-corrected chi connectivity index (χ2v) is 5.94. The molecule has 20 heavy (non-hydrogen) atoms. The summed E-state index contributed by atoms with van der Waals surface area (Å²) in [6.45, 7) is 7.14. The van der Waals surface area contributed by atoms with E-state index >= 15 is 0 Å². The maximum absolute atomic E-state index is 6.05. The van der Waals surface area contributed by atoms with Gasteiger partial charge in [-0.05, 0) is 26.8 Å². The molecular formula is C16H21N3O. The maximum Gasteiger partial charge on any atom is 0.125 e. The van der Waals surface area contributed by atoms with Crippen molar-refractivity contribution in [2.45, 2.75) is 39.0 Å². The molecule has 1 aliphatic heterocycles. The molecule has 1 unspecified atom stereocenters. The predicted octanol–water partition coefficient (Wildman–Crippen LogP) is 2.73. The zero-order valence-electron chi connectivity index (χ0n) is 12.5. The monoisotopic (exact) mass is 271 g/mol. The van der Waals surface area contributed by atoms with Crippen LogP contribution >= 0.6 is 0 Å². The second kappa shape index (κ2) is 4.63. The third kappa shape index (κ3) is 2.10. The van der Waals surface area contributed by atoms with Gasteiger partial charge in [0.2, 0.25) is 0 Å². The number of aryl methyl sites for hydroxylation is 1. The molecule has 1 aromatic carbocycles. The van der Waals surface area contributed by atoms with Crippen molar-refractivity contribution in [2.75, 3.05) is 0 Å². The lowest BCUT2D eigenvalue weighted by Gasteiger charge is -2.27. The Bertz CT molecular complexity index is 630. The normalized spacial score (nSPS) is 19.7. The van der Waals surface area contributed by atoms with Crippen LogP contribution in [0.15, 0.2) is 30.5 Å². The lowest BCUT2D eigenvalue weighted by atomic mass is 9.94. The Labute approximate surface area is 119 Å². The average Bonchev–Trinajstić information content (AvgIpc) is 2.85. The summed E-state index contributed by atoms with van der Waals surface area (Å²) in [6, 6.07) is 8.44. The average molecular weight is 271 g/mol. The molecule has 0 saturated carbocycles. The van der Waals surface area contributed by atoms with Crippen LogP contribution in [0.2, 0.25) is 0 Å². The van der Waals surface area contributed by atoms with E-state index in [2.05, 4.69) is 43.3 Å². The molecule has 2 heterocycles. The van der Waals surface area contributed by atoms with E-state index in [-0.39, 0.29) is 11.6 Å². The molecule has 1 N–H and O–H groups in total. The Morgan fingerprint density at radius 1 is 1.35 bits per heavy atom. The maximum atomic E-state index is 6.05. The van der Waals surface area contributed by atoms with E-state index in [1.54, 1.807) is 0 Å². The first-order chi connectivity index (χ1) is 9.49. The molecular weight excluding hydrogens is 250 g/mol. The molecule has 1 aromatic heterocycles. The molecule has 1 atom stereocenters. The van der Waals surface area contributed by atoms with Crippen molar-refractivity contribution in [3.63, 3.8) is 0 Å². The lowest BCUT2D eigenvalue weighted by Crippen LogP contribution is -2.38. The van der Waals surface area contributed by atoms with E-state index in [0.29, 0.717) is 0 Å². The van der Waals surface area contributed by atoms with Crippen molar-refractivity contribution < 1.29 is 4.74 Å². The van der Waals surface area contributed by atoms with Crippen LogP contribution < -0.4 is 10.1 Å². The minimum atomic E-state index is -0.236. The highest BCUT2D eigenvalue weighted by Crippen LogP contribution is 2.42. The summed E-state index contributed by atoms with van der Waals surface area (Å²) < 4.78 is 7.95. The molecule has 2 aromatic rings. The molecule has 0 aliphatic carbocycles. The molecule has 4 heteroatoms. The van der Waals surface area contributed by atoms with Crippen LogP contribution in [0.25, 0.3) is 0 Å². The Morgan fingerprint density at radius 2 is 2.10 bits per heavy atom. The largest absolute Gasteiger partial charge is 0.486 e. The Hall–Kier alpha value is -1.81. The van der Waals surface area contributed by atoms with Gasteiger partial charge in [-0.15, -0.1) is 0 Å². The van der Waals surface area contributed by atoms with Crippen LogP contribution in [-0.2, 0) is 13.6 Å². The molecule has 0 fully saturated rings. The van der Waals surface area contributed by atoms with Gasteiger partial charge in [-0.2, -0.15) is 5.10 Å². The molecule has 0 amide bonds. The SMILES string of the molecule is Cc1c(CNC2c3ccccc3OC2(C)C)cnn1C. The zero-order valence-corrected chi connectivity index (χ0v) is 12.5. The molecule has 0 saturated heterocycles.